The van der Waals surface area contributed by atoms with Crippen LogP contribution in [0.3, 0.4) is 0 Å². The first-order chi connectivity index (χ1) is 29.0. The molecule has 1 fully saturated rings. The zero-order valence-electron chi connectivity index (χ0n) is 35.7. The van der Waals surface area contributed by atoms with Crippen LogP contribution in [0.4, 0.5) is 5.82 Å². The molecule has 5 N–H and O–H groups in total. The van der Waals surface area contributed by atoms with Crippen LogP contribution in [0, 0.1) is 11.3 Å². The molecule has 334 valence electrons. The van der Waals surface area contributed by atoms with Gasteiger partial charge in [0.05, 0.1) is 39.7 Å². The van der Waals surface area contributed by atoms with Gasteiger partial charge in [-0.2, -0.15) is 10.4 Å². The number of aliphatic hydroxyl groups is 2. The van der Waals surface area contributed by atoms with Crippen LogP contribution in [0.15, 0.2) is 35.6 Å². The molecule has 0 aliphatic carbocycles. The van der Waals surface area contributed by atoms with Gasteiger partial charge >= 0.3 is 7.82 Å². The van der Waals surface area contributed by atoms with Gasteiger partial charge in [0.2, 0.25) is 0 Å². The summed E-state index contributed by atoms with van der Waals surface area (Å²) in [6.07, 6.45) is 17.9. The third-order valence-corrected chi connectivity index (χ3v) is 12.1. The number of hydrogen-bond donors (Lipinski definition) is 4. The lowest BCUT2D eigenvalue weighted by atomic mass is 9.95. The molecule has 1 aliphatic rings. The second-order valence-corrected chi connectivity index (χ2v) is 17.1. The van der Waals surface area contributed by atoms with Gasteiger partial charge in [-0.25, -0.2) is 14.1 Å². The lowest BCUT2D eigenvalue weighted by Crippen LogP contribution is -2.49. The van der Waals surface area contributed by atoms with Crippen LogP contribution in [0.2, 0.25) is 0 Å². The lowest BCUT2D eigenvalue weighted by molar-refractivity contribution is -0.105. The van der Waals surface area contributed by atoms with Gasteiger partial charge in [-0.1, -0.05) is 110 Å². The number of anilines is 1. The summed E-state index contributed by atoms with van der Waals surface area (Å²) in [5.74, 6) is 1.03. The minimum atomic E-state index is -4.81. The maximum Gasteiger partial charge on any atom is 0.472 e. The molecule has 3 aromatic rings. The maximum atomic E-state index is 13.4. The van der Waals surface area contributed by atoms with E-state index >= 15 is 0 Å². The van der Waals surface area contributed by atoms with Crippen molar-refractivity contribution in [1.29, 1.82) is 5.26 Å². The third kappa shape index (κ3) is 14.1. The molecule has 0 radical (unpaired) electrons. The van der Waals surface area contributed by atoms with E-state index in [1.54, 1.807) is 24.3 Å². The maximum absolute atomic E-state index is 13.4. The Morgan fingerprint density at radius 2 is 1.52 bits per heavy atom. The molecule has 16 nitrogen and oxygen atoms in total. The standard InChI is InChI=1S/C43H67N6O10P/c1-5-6-7-8-9-10-11-12-13-14-15-16-17-18-19-20-21-22-32(58-33-25-37(54-3)34(27-44)38(26-33)55-4)28-56-60(52,53)57-30-43(29-46-2)41(51)39(50)40(59-43)35-23-24-36-42(45)47-31-48-49(35)36/h23-26,31-32,39-41,50-51H,2,5-22,28-30H2,1,3-4H3,(H,52,53)(H2,45,47,48)/t32-,39+,40+,41+,43-/m1/s1. The second-order valence-electron chi connectivity index (χ2n) is 15.7. The predicted molar refractivity (Wildman–Crippen MR) is 230 cm³/mol. The van der Waals surface area contributed by atoms with E-state index in [1.165, 1.54) is 109 Å². The minimum absolute atomic E-state index is 0.203. The highest BCUT2D eigenvalue weighted by Crippen LogP contribution is 2.48. The quantitative estimate of drug-likeness (QED) is 0.0273. The summed E-state index contributed by atoms with van der Waals surface area (Å²) in [6, 6.07) is 8.45. The zero-order valence-corrected chi connectivity index (χ0v) is 36.6. The normalized spacial score (nSPS) is 20.4. The van der Waals surface area contributed by atoms with Crippen molar-refractivity contribution in [1.82, 2.24) is 14.6 Å². The summed E-state index contributed by atoms with van der Waals surface area (Å²) < 4.78 is 49.0. The van der Waals surface area contributed by atoms with Gasteiger partial charge in [0, 0.05) is 12.1 Å². The number of methoxy groups -OCH3 is 2. The van der Waals surface area contributed by atoms with Gasteiger partial charge in [-0.05, 0) is 31.7 Å². The number of benzene rings is 1. The third-order valence-electron chi connectivity index (χ3n) is 11.1. The monoisotopic (exact) mass is 858 g/mol. The van der Waals surface area contributed by atoms with E-state index < -0.39 is 44.4 Å². The van der Waals surface area contributed by atoms with E-state index in [9.17, 15) is 24.9 Å². The van der Waals surface area contributed by atoms with E-state index in [-0.39, 0.29) is 36.0 Å². The second kappa shape index (κ2) is 25.2. The summed E-state index contributed by atoms with van der Waals surface area (Å²) in [4.78, 5) is 18.7. The minimum Gasteiger partial charge on any atom is -0.495 e. The number of nitriles is 1. The van der Waals surface area contributed by atoms with E-state index in [4.69, 9.17) is 33.7 Å². The summed E-state index contributed by atoms with van der Waals surface area (Å²) in [7, 11) is -1.95. The number of phosphoric ester groups is 1. The molecule has 0 saturated carbocycles. The van der Waals surface area contributed by atoms with Crippen molar-refractivity contribution >= 4 is 25.9 Å². The summed E-state index contributed by atoms with van der Waals surface area (Å²) in [5.41, 5.74) is 5.23. The van der Waals surface area contributed by atoms with Crippen LogP contribution in [0.25, 0.3) is 5.52 Å². The van der Waals surface area contributed by atoms with E-state index in [0.717, 1.165) is 25.7 Å². The fraction of sp³-hybridized carbons (Fsp3) is 0.674. The Hall–Kier alpha value is -3.81. The van der Waals surface area contributed by atoms with Crippen LogP contribution in [-0.2, 0) is 18.3 Å². The number of aromatic nitrogens is 3. The summed E-state index contributed by atoms with van der Waals surface area (Å²) in [6.45, 7) is 4.46. The number of phosphoric acid groups is 1. The number of rotatable bonds is 31. The smallest absolute Gasteiger partial charge is 0.472 e. The summed E-state index contributed by atoms with van der Waals surface area (Å²) >= 11 is 0. The molecule has 1 aliphatic heterocycles. The Bertz CT molecular complexity index is 1820. The molecule has 1 aromatic carbocycles. The fourth-order valence-electron chi connectivity index (χ4n) is 7.72. The van der Waals surface area contributed by atoms with Crippen LogP contribution >= 0.6 is 7.82 Å². The van der Waals surface area contributed by atoms with Crippen molar-refractivity contribution in [3.05, 3.63) is 41.9 Å². The first-order valence-electron chi connectivity index (χ1n) is 21.5. The number of hydrogen-bond acceptors (Lipinski definition) is 14. The van der Waals surface area contributed by atoms with E-state index in [1.807, 2.05) is 0 Å². The van der Waals surface area contributed by atoms with Crippen LogP contribution in [0.5, 0.6) is 17.2 Å². The molecule has 0 amide bonds. The van der Waals surface area contributed by atoms with Gasteiger partial charge in [-0.3, -0.25) is 14.0 Å². The number of fused-ring (bicyclic) bond motifs is 1. The molecule has 0 spiro atoms. The lowest BCUT2D eigenvalue weighted by Gasteiger charge is -2.31. The number of aliphatic hydroxyl groups excluding tert-OH is 2. The largest absolute Gasteiger partial charge is 0.495 e. The number of nitrogens with zero attached hydrogens (tertiary/aromatic N) is 5. The van der Waals surface area contributed by atoms with Crippen molar-refractivity contribution < 1.29 is 47.7 Å². The Labute approximate surface area is 355 Å². The van der Waals surface area contributed by atoms with Gasteiger partial charge in [0.15, 0.2) is 5.82 Å². The first-order valence-corrected chi connectivity index (χ1v) is 23.0. The Balaban J connectivity index is 1.30. The fourth-order valence-corrected chi connectivity index (χ4v) is 8.53. The van der Waals surface area contributed by atoms with Crippen molar-refractivity contribution in [3.63, 3.8) is 0 Å². The molecular formula is C43H67N6O10P. The van der Waals surface area contributed by atoms with Crippen LogP contribution in [-0.4, -0.2) is 94.3 Å². The highest BCUT2D eigenvalue weighted by molar-refractivity contribution is 7.47. The molecule has 17 heteroatoms. The van der Waals surface area contributed by atoms with Crippen LogP contribution < -0.4 is 19.9 Å². The molecule has 60 heavy (non-hydrogen) atoms. The van der Waals surface area contributed by atoms with Crippen LogP contribution in [0.1, 0.15) is 140 Å². The Morgan fingerprint density at radius 1 is 0.950 bits per heavy atom. The number of nitrogens with two attached hydrogens (primary N) is 1. The first kappa shape index (κ1) is 48.9. The number of nitrogen functional groups attached to an aromatic ring is 1. The molecule has 4 rings (SSSR count). The molecule has 2 aromatic heterocycles. The molecule has 0 bridgehead atoms. The highest BCUT2D eigenvalue weighted by atomic mass is 31.2. The average Bonchev–Trinajstić information content (AvgIpc) is 3.78. The van der Waals surface area contributed by atoms with E-state index in [2.05, 4.69) is 34.8 Å². The van der Waals surface area contributed by atoms with E-state index in [0.29, 0.717) is 23.4 Å². The molecule has 3 heterocycles. The molecule has 1 saturated heterocycles. The average molecular weight is 859 g/mol. The summed E-state index contributed by atoms with van der Waals surface area (Å²) in [5, 5.41) is 36.2. The Morgan fingerprint density at radius 3 is 2.05 bits per heavy atom. The molecule has 1 unspecified atom stereocenters. The van der Waals surface area contributed by atoms with Crippen molar-refractivity contribution in [2.75, 3.05) is 39.7 Å². The Kier molecular flexibility index (Phi) is 20.5. The van der Waals surface area contributed by atoms with Crippen molar-refractivity contribution in [3.8, 4) is 23.3 Å². The van der Waals surface area contributed by atoms with Gasteiger partial charge in [0.25, 0.3) is 0 Å². The zero-order chi connectivity index (χ0) is 43.4. The van der Waals surface area contributed by atoms with Gasteiger partial charge in [0.1, 0.15) is 70.7 Å². The van der Waals surface area contributed by atoms with Gasteiger partial charge in [-0.15, -0.1) is 0 Å². The van der Waals surface area contributed by atoms with Crippen molar-refractivity contribution in [2.24, 2.45) is 4.99 Å². The van der Waals surface area contributed by atoms with Crippen molar-refractivity contribution in [2.45, 2.75) is 153 Å². The number of unbranched alkanes of at least 4 members (excludes halogenated alkanes) is 16. The highest BCUT2D eigenvalue weighted by Gasteiger charge is 2.56. The number of aliphatic imine (C=N–C) groups is 1. The molecule has 6 atom stereocenters. The molecular weight excluding hydrogens is 791 g/mol. The topological polar surface area (TPSA) is 225 Å². The predicted octanol–water partition coefficient (Wildman–Crippen LogP) is 8.06. The van der Waals surface area contributed by atoms with Gasteiger partial charge < -0.3 is 39.8 Å². The number of ether oxygens (including phenoxy) is 4. The SMILES string of the molecule is C=NC[C@]1(COP(=O)(O)OC[C@@H](CCCCCCCCCCCCCCCCCCC)Oc2cc(OC)c(C#N)c(OC)c2)O[C@@H](c2ccc3c(N)ncnn23)[C@H](O)[C@@H]1O.